The second-order valence-electron chi connectivity index (χ2n) is 7.86. The number of hydrogen-bond acceptors (Lipinski definition) is 9. The number of unbranched alkanes of at least 4 members (excludes halogenated alkanes) is 2. The van der Waals surface area contributed by atoms with Gasteiger partial charge in [0.05, 0.1) is 11.6 Å². The Morgan fingerprint density at radius 2 is 1.63 bits per heavy atom. The molecule has 0 bridgehead atoms. The molecule has 0 aromatic heterocycles. The molecule has 35 heavy (non-hydrogen) atoms. The third-order valence-corrected chi connectivity index (χ3v) is 4.85. The molecule has 2 atom stereocenters. The normalized spacial score (nSPS) is 12.2. The van der Waals surface area contributed by atoms with Crippen LogP contribution < -0.4 is 31.6 Å². The lowest BCUT2D eigenvalue weighted by Gasteiger charge is -2.18. The van der Waals surface area contributed by atoms with E-state index in [-0.39, 0.29) is 36.4 Å². The fourth-order valence-electron chi connectivity index (χ4n) is 3.13. The number of hydrogen-bond donors (Lipinski definition) is 5. The number of carbonyl (C=O) groups excluding carboxylic acids is 4. The van der Waals surface area contributed by atoms with Gasteiger partial charge in [0.2, 0.25) is 5.91 Å². The highest BCUT2D eigenvalue weighted by atomic mass is 16.6. The monoisotopic (exact) mass is 494 g/mol. The summed E-state index contributed by atoms with van der Waals surface area (Å²) in [6.45, 7) is 3.02. The molecule has 0 saturated heterocycles. The summed E-state index contributed by atoms with van der Waals surface area (Å²) in [5, 5.41) is 14.4. The Balaban J connectivity index is 2.56. The summed E-state index contributed by atoms with van der Waals surface area (Å²) in [4.78, 5) is 58.8. The fourth-order valence-corrected chi connectivity index (χ4v) is 3.13. The van der Waals surface area contributed by atoms with E-state index in [2.05, 4.69) is 10.6 Å². The van der Waals surface area contributed by atoms with Gasteiger partial charge in [0, 0.05) is 20.4 Å². The van der Waals surface area contributed by atoms with Gasteiger partial charge in [-0.15, -0.1) is 0 Å². The molecule has 0 unspecified atom stereocenters. The minimum Gasteiger partial charge on any atom is -0.480 e. The summed E-state index contributed by atoms with van der Waals surface area (Å²) >= 11 is 0. The smallest absolute Gasteiger partial charge is 0.326 e. The van der Waals surface area contributed by atoms with Crippen LogP contribution in [0.2, 0.25) is 0 Å². The van der Waals surface area contributed by atoms with Crippen molar-refractivity contribution in [3.63, 3.8) is 0 Å². The van der Waals surface area contributed by atoms with E-state index < -0.39 is 41.8 Å². The maximum absolute atomic E-state index is 12.6. The number of carbonyl (C=O) groups is 5. The van der Waals surface area contributed by atoms with Gasteiger partial charge in [-0.1, -0.05) is 6.07 Å². The van der Waals surface area contributed by atoms with Gasteiger partial charge in [-0.05, 0) is 57.2 Å². The van der Waals surface area contributed by atoms with Crippen molar-refractivity contribution in [2.45, 2.75) is 64.5 Å². The first-order valence-electron chi connectivity index (χ1n) is 11.3. The van der Waals surface area contributed by atoms with Gasteiger partial charge in [0.25, 0.3) is 5.91 Å². The van der Waals surface area contributed by atoms with Crippen LogP contribution in [-0.2, 0) is 19.2 Å². The van der Waals surface area contributed by atoms with Crippen LogP contribution in [0.3, 0.4) is 0 Å². The number of rotatable bonds is 15. The highest BCUT2D eigenvalue weighted by Gasteiger charge is 2.23. The Kier molecular flexibility index (Phi) is 13.0. The molecule has 1 aromatic rings. The number of nitrogens with one attached hydrogen (secondary N) is 2. The molecule has 2 amide bonds. The summed E-state index contributed by atoms with van der Waals surface area (Å²) in [5.41, 5.74) is 11.3. The van der Waals surface area contributed by atoms with Crippen molar-refractivity contribution in [2.75, 3.05) is 13.1 Å². The van der Waals surface area contributed by atoms with E-state index in [0.29, 0.717) is 32.2 Å². The zero-order chi connectivity index (χ0) is 26.4. The van der Waals surface area contributed by atoms with Crippen LogP contribution in [0.1, 0.15) is 62.7 Å². The summed E-state index contributed by atoms with van der Waals surface area (Å²) < 4.78 is 10.1. The SMILES string of the molecule is CC(=O)Oc1cccc(C(=O)NCCCC[C@H](N)C(=O)N[C@@H](CCCCN)C(=O)O)c1OC(C)=O. The molecule has 0 aliphatic rings. The largest absolute Gasteiger partial charge is 0.480 e. The number of carboxylic acids is 1. The van der Waals surface area contributed by atoms with E-state index >= 15 is 0 Å². The molecule has 0 saturated carbocycles. The third-order valence-electron chi connectivity index (χ3n) is 4.85. The predicted molar refractivity (Wildman–Crippen MR) is 126 cm³/mol. The van der Waals surface area contributed by atoms with Crippen LogP contribution in [0.4, 0.5) is 0 Å². The van der Waals surface area contributed by atoms with Crippen LogP contribution >= 0.6 is 0 Å². The summed E-state index contributed by atoms with van der Waals surface area (Å²) in [6, 6.07) is 2.40. The molecule has 12 heteroatoms. The molecule has 0 spiro atoms. The number of benzene rings is 1. The number of carboxylic acid groups (broad SMARTS) is 1. The van der Waals surface area contributed by atoms with Gasteiger partial charge in [-0.2, -0.15) is 0 Å². The molecule has 0 aliphatic carbocycles. The highest BCUT2D eigenvalue weighted by molar-refractivity contribution is 5.98. The molecule has 12 nitrogen and oxygen atoms in total. The number of ether oxygens (including phenoxy) is 2. The van der Waals surface area contributed by atoms with Crippen LogP contribution in [0.5, 0.6) is 11.5 Å². The lowest BCUT2D eigenvalue weighted by Crippen LogP contribution is -2.48. The van der Waals surface area contributed by atoms with Gasteiger partial charge in [-0.3, -0.25) is 19.2 Å². The molecule has 0 heterocycles. The van der Waals surface area contributed by atoms with Crippen molar-refractivity contribution in [1.82, 2.24) is 10.6 Å². The Labute approximate surface area is 203 Å². The molecule has 194 valence electrons. The minimum absolute atomic E-state index is 0.0179. The Morgan fingerprint density at radius 1 is 0.971 bits per heavy atom. The van der Waals surface area contributed by atoms with E-state index in [9.17, 15) is 29.1 Å². The van der Waals surface area contributed by atoms with Gasteiger partial charge >= 0.3 is 17.9 Å². The van der Waals surface area contributed by atoms with Crippen molar-refractivity contribution < 1.29 is 38.6 Å². The second kappa shape index (κ2) is 15.4. The first-order valence-corrected chi connectivity index (χ1v) is 11.3. The van der Waals surface area contributed by atoms with Crippen LogP contribution in [0, 0.1) is 0 Å². The average Bonchev–Trinajstić information content (AvgIpc) is 2.78. The maximum atomic E-state index is 12.6. The highest BCUT2D eigenvalue weighted by Crippen LogP contribution is 2.31. The van der Waals surface area contributed by atoms with Gasteiger partial charge < -0.3 is 36.7 Å². The first-order chi connectivity index (χ1) is 16.6. The van der Waals surface area contributed by atoms with Crippen molar-refractivity contribution in [1.29, 1.82) is 0 Å². The van der Waals surface area contributed by atoms with Crippen LogP contribution in [-0.4, -0.2) is 60.0 Å². The van der Waals surface area contributed by atoms with E-state index in [1.54, 1.807) is 0 Å². The summed E-state index contributed by atoms with van der Waals surface area (Å²) in [7, 11) is 0. The molecular formula is C23H34N4O8. The lowest BCUT2D eigenvalue weighted by molar-refractivity contribution is -0.142. The van der Waals surface area contributed by atoms with E-state index in [1.807, 2.05) is 0 Å². The zero-order valence-corrected chi connectivity index (χ0v) is 20.0. The Hall–Kier alpha value is -3.51. The lowest BCUT2D eigenvalue weighted by atomic mass is 10.1. The van der Waals surface area contributed by atoms with Crippen LogP contribution in [0.15, 0.2) is 18.2 Å². The quantitative estimate of drug-likeness (QED) is 0.130. The van der Waals surface area contributed by atoms with Crippen molar-refractivity contribution in [2.24, 2.45) is 11.5 Å². The van der Waals surface area contributed by atoms with Crippen molar-refractivity contribution in [3.05, 3.63) is 23.8 Å². The number of nitrogens with two attached hydrogens (primary N) is 2. The number of esters is 2. The topological polar surface area (TPSA) is 200 Å². The van der Waals surface area contributed by atoms with Crippen LogP contribution in [0.25, 0.3) is 0 Å². The maximum Gasteiger partial charge on any atom is 0.326 e. The van der Waals surface area contributed by atoms with Crippen molar-refractivity contribution in [3.8, 4) is 11.5 Å². The standard InChI is InChI=1S/C23H34N4O8/c1-14(28)34-19-11-7-8-16(20(19)35-15(2)29)21(30)26-13-6-4-9-17(25)22(31)27-18(23(32)33)10-3-5-12-24/h7-8,11,17-18H,3-6,9-10,12-13,24-25H2,1-2H3,(H,26,30)(H,27,31)(H,32,33)/t17-,18-/m0/s1. The van der Waals surface area contributed by atoms with Gasteiger partial charge in [-0.25, -0.2) is 4.79 Å². The summed E-state index contributed by atoms with van der Waals surface area (Å²) in [6.07, 6.45) is 2.77. The number of amides is 2. The molecule has 0 fully saturated rings. The molecular weight excluding hydrogens is 460 g/mol. The average molecular weight is 495 g/mol. The fraction of sp³-hybridized carbons (Fsp3) is 0.522. The Morgan fingerprint density at radius 3 is 2.23 bits per heavy atom. The molecule has 0 radical (unpaired) electrons. The predicted octanol–water partition coefficient (Wildman–Crippen LogP) is 0.463. The number of aliphatic carboxylic acids is 1. The molecule has 0 aliphatic heterocycles. The number of para-hydroxylation sites is 1. The summed E-state index contributed by atoms with van der Waals surface area (Å²) in [5.74, 6) is -3.76. The van der Waals surface area contributed by atoms with E-state index in [4.69, 9.17) is 20.9 Å². The first kappa shape index (κ1) is 29.5. The van der Waals surface area contributed by atoms with Gasteiger partial charge in [0.15, 0.2) is 11.5 Å². The molecule has 1 rings (SSSR count). The molecule has 1 aromatic carbocycles. The van der Waals surface area contributed by atoms with E-state index in [0.717, 1.165) is 6.92 Å². The Bertz CT molecular complexity index is 906. The second-order valence-corrected chi connectivity index (χ2v) is 7.86. The molecule has 7 N–H and O–H groups in total. The van der Waals surface area contributed by atoms with Gasteiger partial charge in [0.1, 0.15) is 6.04 Å². The van der Waals surface area contributed by atoms with E-state index in [1.165, 1.54) is 25.1 Å². The zero-order valence-electron chi connectivity index (χ0n) is 20.0. The van der Waals surface area contributed by atoms with Crippen molar-refractivity contribution >= 4 is 29.7 Å². The third kappa shape index (κ3) is 11.0. The minimum atomic E-state index is -1.13.